The second-order valence-electron chi connectivity index (χ2n) is 4.70. The molecule has 0 aliphatic carbocycles. The van der Waals surface area contributed by atoms with E-state index < -0.39 is 5.60 Å². The van der Waals surface area contributed by atoms with Gasteiger partial charge in [-0.1, -0.05) is 26.7 Å². The average Bonchev–Trinajstić information content (AvgIpc) is 2.17. The van der Waals surface area contributed by atoms with E-state index in [9.17, 15) is 4.79 Å². The fraction of sp³-hybridized carbons (Fsp3) is 0.917. The van der Waals surface area contributed by atoms with Crippen LogP contribution in [0.3, 0.4) is 0 Å². The quantitative estimate of drug-likeness (QED) is 0.397. The molecule has 0 bridgehead atoms. The van der Waals surface area contributed by atoms with E-state index in [2.05, 4.69) is 11.8 Å². The molecular formula is C12H24O4. The Balaban J connectivity index is 4.19. The zero-order valence-electron chi connectivity index (χ0n) is 10.8. The molecule has 16 heavy (non-hydrogen) atoms. The van der Waals surface area contributed by atoms with Gasteiger partial charge in [0, 0.05) is 0 Å². The van der Waals surface area contributed by atoms with Crippen molar-refractivity contribution < 1.29 is 19.7 Å². The van der Waals surface area contributed by atoms with E-state index in [1.807, 2.05) is 6.92 Å². The Morgan fingerprint density at radius 1 is 1.38 bits per heavy atom. The topological polar surface area (TPSA) is 55.8 Å². The Hall–Kier alpha value is -0.610. The van der Waals surface area contributed by atoms with Crippen LogP contribution in [0.5, 0.6) is 0 Å². The highest BCUT2D eigenvalue weighted by Crippen LogP contribution is 2.19. The predicted molar refractivity (Wildman–Crippen MR) is 62.1 cm³/mol. The van der Waals surface area contributed by atoms with Crippen LogP contribution >= 0.6 is 0 Å². The highest BCUT2D eigenvalue weighted by molar-refractivity contribution is 5.72. The molecule has 1 unspecified atom stereocenters. The normalized spacial score (nSPS) is 13.6. The van der Waals surface area contributed by atoms with Crippen LogP contribution in [-0.2, 0) is 14.4 Å². The average molecular weight is 232 g/mol. The first kappa shape index (κ1) is 15.4. The van der Waals surface area contributed by atoms with Gasteiger partial charge in [0.1, 0.15) is 12.2 Å². The maximum atomic E-state index is 11.8. The number of rotatable bonds is 8. The van der Waals surface area contributed by atoms with Gasteiger partial charge in [-0.3, -0.25) is 10.1 Å². The van der Waals surface area contributed by atoms with Gasteiger partial charge in [0.15, 0.2) is 0 Å². The first-order valence-corrected chi connectivity index (χ1v) is 5.96. The van der Waals surface area contributed by atoms with Crippen LogP contribution in [0.2, 0.25) is 0 Å². The largest absolute Gasteiger partial charge is 0.457 e. The zero-order valence-corrected chi connectivity index (χ0v) is 10.8. The third-order valence-corrected chi connectivity index (χ3v) is 2.52. The summed E-state index contributed by atoms with van der Waals surface area (Å²) in [5.74, 6) is -0.240. The Kier molecular flexibility index (Phi) is 7.34. The second-order valence-corrected chi connectivity index (χ2v) is 4.70. The number of hydrogen-bond acceptors (Lipinski definition) is 4. The first-order valence-electron chi connectivity index (χ1n) is 5.96. The van der Waals surface area contributed by atoms with Gasteiger partial charge in [-0.2, -0.15) is 0 Å². The van der Waals surface area contributed by atoms with E-state index >= 15 is 0 Å². The maximum absolute atomic E-state index is 11.8. The van der Waals surface area contributed by atoms with Crippen molar-refractivity contribution in [2.24, 2.45) is 5.92 Å². The van der Waals surface area contributed by atoms with Crippen molar-refractivity contribution in [2.45, 2.75) is 59.0 Å². The minimum atomic E-state index is -0.772. The van der Waals surface area contributed by atoms with E-state index in [0.717, 1.165) is 25.7 Å². The lowest BCUT2D eigenvalue weighted by atomic mass is 9.99. The molecule has 0 fully saturated rings. The Labute approximate surface area is 97.9 Å². The number of unbranched alkanes of at least 4 members (excludes halogenated alkanes) is 1. The summed E-state index contributed by atoms with van der Waals surface area (Å²) >= 11 is 0. The molecule has 1 N–H and O–H groups in total. The van der Waals surface area contributed by atoms with Gasteiger partial charge in [-0.15, -0.1) is 0 Å². The minimum Gasteiger partial charge on any atom is -0.457 e. The van der Waals surface area contributed by atoms with Crippen molar-refractivity contribution in [1.82, 2.24) is 0 Å². The van der Waals surface area contributed by atoms with Gasteiger partial charge in [-0.05, 0) is 26.7 Å². The van der Waals surface area contributed by atoms with Crippen molar-refractivity contribution in [3.63, 3.8) is 0 Å². The molecule has 0 aromatic rings. The molecule has 0 amide bonds. The molecule has 96 valence electrons. The number of esters is 1. The molecule has 1 atom stereocenters. The third kappa shape index (κ3) is 6.08. The number of carbonyl (C=O) groups excluding carboxylic acids is 1. The summed E-state index contributed by atoms with van der Waals surface area (Å²) in [7, 11) is 0. The molecule has 4 heteroatoms. The van der Waals surface area contributed by atoms with Crippen LogP contribution in [0.25, 0.3) is 0 Å². The molecule has 0 aromatic carbocycles. The summed E-state index contributed by atoms with van der Waals surface area (Å²) in [4.78, 5) is 15.8. The smallest absolute Gasteiger partial charge is 0.309 e. The third-order valence-electron chi connectivity index (χ3n) is 2.52. The molecule has 0 rings (SSSR count). The van der Waals surface area contributed by atoms with Crippen LogP contribution in [-0.4, -0.2) is 23.4 Å². The van der Waals surface area contributed by atoms with Crippen LogP contribution in [0, 0.1) is 5.92 Å². The minimum absolute atomic E-state index is 0.0110. The molecule has 0 saturated heterocycles. The fourth-order valence-corrected chi connectivity index (χ4v) is 1.48. The molecule has 4 nitrogen and oxygen atoms in total. The zero-order chi connectivity index (χ0) is 12.6. The molecule has 0 aliphatic rings. The summed E-state index contributed by atoms with van der Waals surface area (Å²) in [6, 6.07) is 0. The second kappa shape index (κ2) is 7.63. The summed E-state index contributed by atoms with van der Waals surface area (Å²) in [5, 5.41) is 8.36. The van der Waals surface area contributed by atoms with Crippen LogP contribution < -0.4 is 0 Å². The SMILES string of the molecule is CCCCC(CC)C(=O)OC(C)(C)COO. The predicted octanol–water partition coefficient (Wildman–Crippen LogP) is 3.01. The van der Waals surface area contributed by atoms with Crippen molar-refractivity contribution in [3.8, 4) is 0 Å². The molecule has 0 saturated carbocycles. The highest BCUT2D eigenvalue weighted by Gasteiger charge is 2.27. The van der Waals surface area contributed by atoms with Crippen molar-refractivity contribution in [1.29, 1.82) is 0 Å². The van der Waals surface area contributed by atoms with Crippen LogP contribution in [0.1, 0.15) is 53.4 Å². The van der Waals surface area contributed by atoms with Crippen LogP contribution in [0.4, 0.5) is 0 Å². The van der Waals surface area contributed by atoms with Gasteiger partial charge < -0.3 is 4.74 Å². The number of ether oxygens (including phenoxy) is 1. The molecule has 0 aromatic heterocycles. The standard InChI is InChI=1S/C12H24O4/c1-5-7-8-10(6-2)11(13)16-12(3,4)9-15-14/h10,14H,5-9H2,1-4H3. The summed E-state index contributed by atoms with van der Waals surface area (Å²) < 4.78 is 5.30. The van der Waals surface area contributed by atoms with E-state index in [-0.39, 0.29) is 18.5 Å². The van der Waals surface area contributed by atoms with Crippen LogP contribution in [0.15, 0.2) is 0 Å². The van der Waals surface area contributed by atoms with E-state index in [1.165, 1.54) is 0 Å². The lowest BCUT2D eigenvalue weighted by Crippen LogP contribution is -2.35. The summed E-state index contributed by atoms with van der Waals surface area (Å²) in [6.07, 6.45) is 3.76. The lowest BCUT2D eigenvalue weighted by Gasteiger charge is -2.25. The summed E-state index contributed by atoms with van der Waals surface area (Å²) in [6.45, 7) is 7.50. The van der Waals surface area contributed by atoms with Gasteiger partial charge in [0.25, 0.3) is 0 Å². The molecule has 0 spiro atoms. The van der Waals surface area contributed by atoms with E-state index in [0.29, 0.717) is 0 Å². The monoisotopic (exact) mass is 232 g/mol. The summed E-state index contributed by atoms with van der Waals surface area (Å²) in [5.41, 5.74) is -0.772. The molecule has 0 heterocycles. The van der Waals surface area contributed by atoms with Crippen molar-refractivity contribution in [2.75, 3.05) is 6.61 Å². The van der Waals surface area contributed by atoms with Gasteiger partial charge in [-0.25, -0.2) is 4.89 Å². The van der Waals surface area contributed by atoms with E-state index in [4.69, 9.17) is 9.99 Å². The van der Waals surface area contributed by atoms with E-state index in [1.54, 1.807) is 13.8 Å². The molecule has 0 radical (unpaired) electrons. The van der Waals surface area contributed by atoms with Gasteiger partial charge in [0.2, 0.25) is 0 Å². The lowest BCUT2D eigenvalue weighted by molar-refractivity contribution is -0.271. The Morgan fingerprint density at radius 3 is 2.44 bits per heavy atom. The van der Waals surface area contributed by atoms with Crippen molar-refractivity contribution in [3.05, 3.63) is 0 Å². The Morgan fingerprint density at radius 2 is 2.00 bits per heavy atom. The number of carbonyl (C=O) groups is 1. The maximum Gasteiger partial charge on any atom is 0.309 e. The number of hydrogen-bond donors (Lipinski definition) is 1. The highest BCUT2D eigenvalue weighted by atomic mass is 17.1. The van der Waals surface area contributed by atoms with Gasteiger partial charge >= 0.3 is 5.97 Å². The van der Waals surface area contributed by atoms with Crippen molar-refractivity contribution >= 4 is 5.97 Å². The van der Waals surface area contributed by atoms with Gasteiger partial charge in [0.05, 0.1) is 5.92 Å². The first-order chi connectivity index (χ1) is 7.46. The molecule has 0 aliphatic heterocycles. The molecular weight excluding hydrogens is 208 g/mol. The Bertz CT molecular complexity index is 201. The fourth-order valence-electron chi connectivity index (χ4n) is 1.48.